The second kappa shape index (κ2) is 7.35. The Kier molecular flexibility index (Phi) is 5.21. The van der Waals surface area contributed by atoms with Gasteiger partial charge in [0.1, 0.15) is 5.75 Å². The number of ether oxygens (including phenoxy) is 1. The van der Waals surface area contributed by atoms with Crippen molar-refractivity contribution in [2.75, 3.05) is 13.1 Å². The molecule has 4 nitrogen and oxygen atoms in total. The molecule has 0 aromatic heterocycles. The third-order valence-electron chi connectivity index (χ3n) is 5.21. The van der Waals surface area contributed by atoms with Crippen molar-refractivity contribution < 1.29 is 9.53 Å². The Bertz CT molecular complexity index is 523. The lowest BCUT2D eigenvalue weighted by atomic mass is 9.98. The first-order valence-corrected chi connectivity index (χ1v) is 8.95. The van der Waals surface area contributed by atoms with Crippen LogP contribution in [0.4, 0.5) is 0 Å². The average molecular weight is 316 g/mol. The van der Waals surface area contributed by atoms with Crippen molar-refractivity contribution in [1.29, 1.82) is 0 Å². The molecule has 0 radical (unpaired) electrons. The number of amides is 1. The van der Waals surface area contributed by atoms with Crippen molar-refractivity contribution >= 4 is 5.91 Å². The maximum atomic E-state index is 12.7. The summed E-state index contributed by atoms with van der Waals surface area (Å²) >= 11 is 0. The maximum Gasteiger partial charge on any atom is 0.254 e. The minimum absolute atomic E-state index is 0.109. The quantitative estimate of drug-likeness (QED) is 0.928. The smallest absolute Gasteiger partial charge is 0.254 e. The summed E-state index contributed by atoms with van der Waals surface area (Å²) in [5.41, 5.74) is 6.49. The lowest BCUT2D eigenvalue weighted by molar-refractivity contribution is 0.0743. The number of rotatable bonds is 4. The van der Waals surface area contributed by atoms with Crippen molar-refractivity contribution in [3.8, 4) is 5.75 Å². The van der Waals surface area contributed by atoms with Gasteiger partial charge in [-0.25, -0.2) is 0 Å². The van der Waals surface area contributed by atoms with Crippen LogP contribution in [0, 0.1) is 5.92 Å². The van der Waals surface area contributed by atoms with E-state index in [9.17, 15) is 4.79 Å². The predicted molar refractivity (Wildman–Crippen MR) is 91.6 cm³/mol. The van der Waals surface area contributed by atoms with Gasteiger partial charge in [0.05, 0.1) is 6.10 Å². The Morgan fingerprint density at radius 3 is 2.52 bits per heavy atom. The first-order valence-electron chi connectivity index (χ1n) is 8.95. The molecule has 1 aromatic rings. The monoisotopic (exact) mass is 316 g/mol. The lowest BCUT2D eigenvalue weighted by Gasteiger charge is -2.24. The Balaban J connectivity index is 1.61. The van der Waals surface area contributed by atoms with E-state index in [1.54, 1.807) is 0 Å². The number of nitrogens with zero attached hydrogens (tertiary/aromatic N) is 1. The third kappa shape index (κ3) is 3.86. The summed E-state index contributed by atoms with van der Waals surface area (Å²) in [4.78, 5) is 14.6. The molecule has 0 bridgehead atoms. The zero-order valence-electron chi connectivity index (χ0n) is 14.0. The Hall–Kier alpha value is -1.55. The van der Waals surface area contributed by atoms with Crippen molar-refractivity contribution in [2.45, 2.75) is 57.6 Å². The van der Waals surface area contributed by atoms with Gasteiger partial charge in [-0.1, -0.05) is 6.42 Å². The van der Waals surface area contributed by atoms with Gasteiger partial charge >= 0.3 is 0 Å². The van der Waals surface area contributed by atoms with Gasteiger partial charge in [-0.2, -0.15) is 0 Å². The van der Waals surface area contributed by atoms with Gasteiger partial charge in [0.25, 0.3) is 5.91 Å². The Morgan fingerprint density at radius 1 is 1.22 bits per heavy atom. The average Bonchev–Trinajstić information content (AvgIpc) is 2.97. The van der Waals surface area contributed by atoms with E-state index in [0.29, 0.717) is 18.6 Å². The Labute approximate surface area is 139 Å². The van der Waals surface area contributed by atoms with E-state index in [4.69, 9.17) is 10.5 Å². The highest BCUT2D eigenvalue weighted by atomic mass is 16.5. The van der Waals surface area contributed by atoms with E-state index >= 15 is 0 Å². The number of nitrogens with two attached hydrogens (primary N) is 1. The highest BCUT2D eigenvalue weighted by molar-refractivity contribution is 5.94. The molecular weight excluding hydrogens is 288 g/mol. The van der Waals surface area contributed by atoms with Crippen LogP contribution in [-0.2, 0) is 0 Å². The fourth-order valence-corrected chi connectivity index (χ4v) is 3.81. The van der Waals surface area contributed by atoms with Crippen LogP contribution in [0.5, 0.6) is 5.75 Å². The van der Waals surface area contributed by atoms with E-state index in [1.807, 2.05) is 29.2 Å². The normalized spacial score (nSPS) is 25.6. The Morgan fingerprint density at radius 2 is 1.91 bits per heavy atom. The molecule has 2 atom stereocenters. The number of hydrogen-bond acceptors (Lipinski definition) is 3. The molecule has 0 spiro atoms. The molecule has 1 saturated carbocycles. The van der Waals surface area contributed by atoms with Crippen molar-refractivity contribution in [3.05, 3.63) is 29.8 Å². The molecule has 23 heavy (non-hydrogen) atoms. The van der Waals surface area contributed by atoms with E-state index in [0.717, 1.165) is 37.1 Å². The summed E-state index contributed by atoms with van der Waals surface area (Å²) in [7, 11) is 0. The lowest BCUT2D eigenvalue weighted by Crippen LogP contribution is -2.34. The van der Waals surface area contributed by atoms with Crippen molar-refractivity contribution in [1.82, 2.24) is 4.90 Å². The maximum absolute atomic E-state index is 12.7. The van der Waals surface area contributed by atoms with Crippen LogP contribution in [-0.4, -0.2) is 36.0 Å². The van der Waals surface area contributed by atoms with E-state index in [-0.39, 0.29) is 11.9 Å². The number of benzene rings is 1. The van der Waals surface area contributed by atoms with Crippen LogP contribution >= 0.6 is 0 Å². The van der Waals surface area contributed by atoms with Crippen LogP contribution in [0.2, 0.25) is 0 Å². The first-order chi connectivity index (χ1) is 11.2. The van der Waals surface area contributed by atoms with Gasteiger partial charge in [-0.3, -0.25) is 4.79 Å². The highest BCUT2D eigenvalue weighted by Crippen LogP contribution is 2.26. The zero-order chi connectivity index (χ0) is 16.2. The fourth-order valence-electron chi connectivity index (χ4n) is 3.81. The molecule has 1 saturated heterocycles. The standard InChI is InChI=1S/C19H28N2O2/c1-14-11-15(12-20)13-21(14)19(22)16-7-9-18(10-8-16)23-17-5-3-2-4-6-17/h7-10,14-15,17H,2-6,11-13,20H2,1H3. The molecule has 1 aromatic carbocycles. The summed E-state index contributed by atoms with van der Waals surface area (Å²) < 4.78 is 6.03. The third-order valence-corrected chi connectivity index (χ3v) is 5.21. The molecule has 1 amide bonds. The number of carbonyl (C=O) groups excluding carboxylic acids is 1. The topological polar surface area (TPSA) is 55.6 Å². The van der Waals surface area contributed by atoms with Crippen LogP contribution in [0.25, 0.3) is 0 Å². The van der Waals surface area contributed by atoms with Crippen LogP contribution in [0.1, 0.15) is 55.8 Å². The van der Waals surface area contributed by atoms with Gasteiger partial charge in [0.15, 0.2) is 0 Å². The van der Waals surface area contributed by atoms with Gasteiger partial charge in [-0.05, 0) is 75.8 Å². The molecule has 4 heteroatoms. The van der Waals surface area contributed by atoms with Gasteiger partial charge in [-0.15, -0.1) is 0 Å². The fraction of sp³-hybridized carbons (Fsp3) is 0.632. The number of likely N-dealkylation sites (tertiary alicyclic amines) is 1. The van der Waals surface area contributed by atoms with Crippen molar-refractivity contribution in [3.63, 3.8) is 0 Å². The van der Waals surface area contributed by atoms with E-state index in [2.05, 4.69) is 6.92 Å². The van der Waals surface area contributed by atoms with E-state index < -0.39 is 0 Å². The number of hydrogen-bond donors (Lipinski definition) is 1. The van der Waals surface area contributed by atoms with Crippen LogP contribution in [0.3, 0.4) is 0 Å². The predicted octanol–water partition coefficient (Wildman–Crippen LogP) is 3.21. The summed E-state index contributed by atoms with van der Waals surface area (Å²) in [6.07, 6.45) is 7.48. The zero-order valence-corrected chi connectivity index (χ0v) is 14.0. The summed E-state index contributed by atoms with van der Waals surface area (Å²) in [6.45, 7) is 3.53. The minimum atomic E-state index is 0.109. The molecule has 126 valence electrons. The number of carbonyl (C=O) groups is 1. The highest BCUT2D eigenvalue weighted by Gasteiger charge is 2.32. The van der Waals surface area contributed by atoms with Crippen LogP contribution < -0.4 is 10.5 Å². The molecule has 2 fully saturated rings. The largest absolute Gasteiger partial charge is 0.490 e. The molecule has 2 unspecified atom stereocenters. The van der Waals surface area contributed by atoms with Crippen LogP contribution in [0.15, 0.2) is 24.3 Å². The molecule has 1 aliphatic carbocycles. The SMILES string of the molecule is CC1CC(CN)CN1C(=O)c1ccc(OC2CCCCC2)cc1. The molecule has 1 aliphatic heterocycles. The van der Waals surface area contributed by atoms with Gasteiger partial charge < -0.3 is 15.4 Å². The van der Waals surface area contributed by atoms with Crippen molar-refractivity contribution in [2.24, 2.45) is 11.7 Å². The minimum Gasteiger partial charge on any atom is -0.490 e. The van der Waals surface area contributed by atoms with Gasteiger partial charge in [0, 0.05) is 18.2 Å². The molecular formula is C19H28N2O2. The second-order valence-corrected chi connectivity index (χ2v) is 7.05. The first kappa shape index (κ1) is 16.3. The summed E-state index contributed by atoms with van der Waals surface area (Å²) in [6, 6.07) is 7.92. The second-order valence-electron chi connectivity index (χ2n) is 7.05. The summed E-state index contributed by atoms with van der Waals surface area (Å²) in [5.74, 6) is 1.42. The van der Waals surface area contributed by atoms with Gasteiger partial charge in [0.2, 0.25) is 0 Å². The molecule has 1 heterocycles. The van der Waals surface area contributed by atoms with E-state index in [1.165, 1.54) is 19.3 Å². The summed E-state index contributed by atoms with van der Waals surface area (Å²) in [5, 5.41) is 0. The molecule has 2 aliphatic rings. The molecule has 3 rings (SSSR count). The molecule has 2 N–H and O–H groups in total.